The predicted molar refractivity (Wildman–Crippen MR) is 121 cm³/mol. The van der Waals surface area contributed by atoms with Crippen molar-refractivity contribution in [3.8, 4) is 0 Å². The number of rotatable bonds is 2. The van der Waals surface area contributed by atoms with Crippen molar-refractivity contribution in [3.05, 3.63) is 0 Å². The number of amides is 4. The quantitative estimate of drug-likeness (QED) is 0.257. The minimum atomic E-state index is -1.02. The molecular weight excluding hydrogens is 412 g/mol. The van der Waals surface area contributed by atoms with Crippen LogP contribution in [0, 0.1) is 0 Å². The van der Waals surface area contributed by atoms with Crippen LogP contribution in [0.3, 0.4) is 0 Å². The molecule has 182 valence electrons. The Morgan fingerprint density at radius 2 is 0.781 bits per heavy atom. The van der Waals surface area contributed by atoms with Crippen LogP contribution in [0.2, 0.25) is 0 Å². The standard InChI is InChI=1S/C22H40N6O4/c1-19(2)9-13(10-20(3,4)27-19)23-15(29)17(31)25-26-18(32)16(30)24-14-11-21(5,6)28-22(7,8)12-14/h13-14,27-28H,9-12H2,1-8H3,(H,23,29)(H,24,30)(H,25,31)(H,26,32). The molecule has 2 fully saturated rings. The summed E-state index contributed by atoms with van der Waals surface area (Å²) in [6.07, 6.45) is 2.64. The summed E-state index contributed by atoms with van der Waals surface area (Å²) in [6, 6.07) is -0.379. The molecule has 32 heavy (non-hydrogen) atoms. The molecule has 0 bridgehead atoms. The molecule has 4 amide bonds. The summed E-state index contributed by atoms with van der Waals surface area (Å²) in [7, 11) is 0. The van der Waals surface area contributed by atoms with Crippen LogP contribution in [0.1, 0.15) is 81.1 Å². The first-order valence-corrected chi connectivity index (χ1v) is 11.2. The van der Waals surface area contributed by atoms with Crippen LogP contribution >= 0.6 is 0 Å². The van der Waals surface area contributed by atoms with Crippen molar-refractivity contribution in [3.63, 3.8) is 0 Å². The molecule has 2 rings (SSSR count). The second-order valence-corrected chi connectivity index (χ2v) is 11.9. The van der Waals surface area contributed by atoms with Crippen LogP contribution in [0.15, 0.2) is 0 Å². The van der Waals surface area contributed by atoms with Crippen LogP contribution in [0.4, 0.5) is 0 Å². The molecule has 0 aromatic carbocycles. The third-order valence-corrected chi connectivity index (χ3v) is 5.75. The molecule has 6 N–H and O–H groups in total. The third kappa shape index (κ3) is 7.74. The van der Waals surface area contributed by atoms with Gasteiger partial charge in [-0.3, -0.25) is 30.0 Å². The Morgan fingerprint density at radius 1 is 0.531 bits per heavy atom. The molecule has 10 heteroatoms. The molecule has 2 saturated heterocycles. The minimum Gasteiger partial charge on any atom is -0.345 e. The van der Waals surface area contributed by atoms with E-state index in [1.165, 1.54) is 0 Å². The molecule has 0 aromatic heterocycles. The van der Waals surface area contributed by atoms with Crippen molar-refractivity contribution >= 4 is 23.6 Å². The molecule has 0 aliphatic carbocycles. The average Bonchev–Trinajstić information content (AvgIpc) is 2.53. The largest absolute Gasteiger partial charge is 0.345 e. The highest BCUT2D eigenvalue weighted by Gasteiger charge is 2.40. The average molecular weight is 453 g/mol. The van der Waals surface area contributed by atoms with Crippen LogP contribution in [-0.4, -0.2) is 57.9 Å². The molecule has 0 saturated carbocycles. The number of hydrogen-bond donors (Lipinski definition) is 6. The monoisotopic (exact) mass is 452 g/mol. The summed E-state index contributed by atoms with van der Waals surface area (Å²) >= 11 is 0. The van der Waals surface area contributed by atoms with E-state index in [4.69, 9.17) is 0 Å². The predicted octanol–water partition coefficient (Wildman–Crippen LogP) is -0.0154. The number of hydrazine groups is 1. The molecule has 10 nitrogen and oxygen atoms in total. The molecule has 0 unspecified atom stereocenters. The number of hydrogen-bond acceptors (Lipinski definition) is 6. The third-order valence-electron chi connectivity index (χ3n) is 5.75. The second-order valence-electron chi connectivity index (χ2n) is 11.9. The van der Waals surface area contributed by atoms with Crippen LogP contribution in [0.25, 0.3) is 0 Å². The number of nitrogens with one attached hydrogen (secondary N) is 6. The fraction of sp³-hybridized carbons (Fsp3) is 0.818. The highest BCUT2D eigenvalue weighted by atomic mass is 16.2. The van der Waals surface area contributed by atoms with Crippen molar-refractivity contribution in [1.29, 1.82) is 0 Å². The zero-order valence-electron chi connectivity index (χ0n) is 20.6. The fourth-order valence-corrected chi connectivity index (χ4v) is 5.58. The molecule has 0 radical (unpaired) electrons. The van der Waals surface area contributed by atoms with Gasteiger partial charge in [-0.2, -0.15) is 0 Å². The summed E-state index contributed by atoms with van der Waals surface area (Å²) in [4.78, 5) is 48.8. The van der Waals surface area contributed by atoms with Crippen LogP contribution in [-0.2, 0) is 19.2 Å². The molecule has 2 aliphatic rings. The van der Waals surface area contributed by atoms with E-state index < -0.39 is 23.6 Å². The summed E-state index contributed by atoms with van der Waals surface area (Å²) in [5.41, 5.74) is 3.27. The summed E-state index contributed by atoms with van der Waals surface area (Å²) in [6.45, 7) is 16.3. The zero-order valence-corrected chi connectivity index (χ0v) is 20.6. The number of carbonyl (C=O) groups is 4. The lowest BCUT2D eigenvalue weighted by Crippen LogP contribution is -2.64. The number of piperidine rings is 2. The molecule has 0 aromatic rings. The molecule has 0 spiro atoms. The SMILES string of the molecule is CC1(C)CC(NC(=O)C(=O)NNC(=O)C(=O)NC2CC(C)(C)NC(C)(C)C2)CC(C)(C)N1. The van der Waals surface area contributed by atoms with Gasteiger partial charge in [-0.15, -0.1) is 0 Å². The molecular formula is C22H40N6O4. The Kier molecular flexibility index (Phi) is 7.31. The lowest BCUT2D eigenvalue weighted by molar-refractivity contribution is -0.144. The van der Waals surface area contributed by atoms with E-state index in [-0.39, 0.29) is 34.2 Å². The van der Waals surface area contributed by atoms with E-state index in [1.807, 2.05) is 66.2 Å². The van der Waals surface area contributed by atoms with Gasteiger partial charge in [-0.1, -0.05) is 0 Å². The van der Waals surface area contributed by atoms with Crippen molar-refractivity contribution in [1.82, 2.24) is 32.1 Å². The minimum absolute atomic E-state index is 0.190. The van der Waals surface area contributed by atoms with Gasteiger partial charge < -0.3 is 21.3 Å². The van der Waals surface area contributed by atoms with Crippen molar-refractivity contribution < 1.29 is 19.2 Å². The van der Waals surface area contributed by atoms with E-state index in [9.17, 15) is 19.2 Å². The van der Waals surface area contributed by atoms with Crippen LogP contribution in [0.5, 0.6) is 0 Å². The maximum absolute atomic E-state index is 12.3. The number of carbonyl (C=O) groups excluding carboxylic acids is 4. The first-order chi connectivity index (χ1) is 14.4. The van der Waals surface area contributed by atoms with Crippen molar-refractivity contribution in [2.24, 2.45) is 0 Å². The van der Waals surface area contributed by atoms with Gasteiger partial charge in [0.1, 0.15) is 0 Å². The van der Waals surface area contributed by atoms with Gasteiger partial charge in [-0.25, -0.2) is 0 Å². The molecule has 2 heterocycles. The van der Waals surface area contributed by atoms with E-state index >= 15 is 0 Å². The topological polar surface area (TPSA) is 140 Å². The van der Waals surface area contributed by atoms with Gasteiger partial charge in [0.05, 0.1) is 0 Å². The van der Waals surface area contributed by atoms with E-state index in [0.717, 1.165) is 0 Å². The Morgan fingerprint density at radius 3 is 1.03 bits per heavy atom. The first kappa shape index (κ1) is 26.1. The Hall–Kier alpha value is -2.20. The maximum Gasteiger partial charge on any atom is 0.327 e. The highest BCUT2D eigenvalue weighted by Crippen LogP contribution is 2.29. The van der Waals surface area contributed by atoms with Gasteiger partial charge >= 0.3 is 23.6 Å². The molecule has 0 atom stereocenters. The lowest BCUT2D eigenvalue weighted by Gasteiger charge is -2.46. The van der Waals surface area contributed by atoms with Gasteiger partial charge in [0.15, 0.2) is 0 Å². The summed E-state index contributed by atoms with van der Waals surface area (Å²) in [5.74, 6) is -3.76. The second kappa shape index (κ2) is 8.97. The van der Waals surface area contributed by atoms with Gasteiger partial charge in [0.25, 0.3) is 0 Å². The van der Waals surface area contributed by atoms with E-state index in [2.05, 4.69) is 21.3 Å². The van der Waals surface area contributed by atoms with Gasteiger partial charge in [-0.05, 0) is 81.1 Å². The first-order valence-electron chi connectivity index (χ1n) is 11.2. The molecule has 2 aliphatic heterocycles. The smallest absolute Gasteiger partial charge is 0.327 e. The van der Waals surface area contributed by atoms with Gasteiger partial charge in [0.2, 0.25) is 0 Å². The summed E-state index contributed by atoms with van der Waals surface area (Å²) < 4.78 is 0. The Bertz CT molecular complexity index is 678. The fourth-order valence-electron chi connectivity index (χ4n) is 5.58. The van der Waals surface area contributed by atoms with Crippen LogP contribution < -0.4 is 32.1 Å². The highest BCUT2D eigenvalue weighted by molar-refractivity contribution is 6.38. The zero-order chi connectivity index (χ0) is 24.5. The lowest BCUT2D eigenvalue weighted by atomic mass is 9.79. The van der Waals surface area contributed by atoms with E-state index in [0.29, 0.717) is 25.7 Å². The van der Waals surface area contributed by atoms with Gasteiger partial charge in [0, 0.05) is 34.2 Å². The van der Waals surface area contributed by atoms with E-state index in [1.54, 1.807) is 0 Å². The Labute approximate surface area is 190 Å². The maximum atomic E-state index is 12.3. The van der Waals surface area contributed by atoms with Crippen molar-refractivity contribution in [2.75, 3.05) is 0 Å². The summed E-state index contributed by atoms with van der Waals surface area (Å²) in [5, 5.41) is 12.4. The normalized spacial score (nSPS) is 24.1. The Balaban J connectivity index is 1.82. The van der Waals surface area contributed by atoms with Crippen molar-refractivity contribution in [2.45, 2.75) is 115 Å².